The molecule has 0 amide bonds. The van der Waals surface area contributed by atoms with Gasteiger partial charge in [0.25, 0.3) is 0 Å². The summed E-state index contributed by atoms with van der Waals surface area (Å²) in [7, 11) is 0. The van der Waals surface area contributed by atoms with Crippen LogP contribution >= 0.6 is 0 Å². The number of rotatable bonds is 4. The van der Waals surface area contributed by atoms with E-state index in [4.69, 9.17) is 5.11 Å². The third-order valence-corrected chi connectivity index (χ3v) is 3.84. The minimum absolute atomic E-state index is 0.0646. The van der Waals surface area contributed by atoms with Gasteiger partial charge < -0.3 is 10.0 Å². The molecular weight excluding hydrogens is 226 g/mol. The summed E-state index contributed by atoms with van der Waals surface area (Å²) in [4.78, 5) is 9.27. The summed E-state index contributed by atoms with van der Waals surface area (Å²) in [5.41, 5.74) is 0.872. The molecule has 18 heavy (non-hydrogen) atoms. The Hall–Kier alpha value is -1.13. The molecule has 100 valence electrons. The molecule has 0 aliphatic carbocycles. The van der Waals surface area contributed by atoms with Crippen LogP contribution in [0.1, 0.15) is 25.8 Å². The Morgan fingerprint density at radius 2 is 2.00 bits per heavy atom. The van der Waals surface area contributed by atoms with Gasteiger partial charge in [-0.3, -0.25) is 4.90 Å². The second kappa shape index (κ2) is 6.16. The first-order chi connectivity index (χ1) is 8.74. The molecular formula is C14H23N3O. The van der Waals surface area contributed by atoms with E-state index in [1.165, 1.54) is 6.42 Å². The van der Waals surface area contributed by atoms with Crippen LogP contribution in [0, 0.1) is 0 Å². The fourth-order valence-corrected chi connectivity index (χ4v) is 2.35. The van der Waals surface area contributed by atoms with Crippen LogP contribution in [0.4, 0.5) is 5.82 Å². The molecule has 4 heteroatoms. The molecule has 1 atom stereocenters. The Bertz CT molecular complexity index is 358. The second-order valence-electron chi connectivity index (χ2n) is 4.96. The van der Waals surface area contributed by atoms with Gasteiger partial charge in [-0.1, -0.05) is 13.0 Å². The largest absolute Gasteiger partial charge is 0.392 e. The lowest BCUT2D eigenvalue weighted by Crippen LogP contribution is -2.49. The molecule has 2 heterocycles. The minimum atomic E-state index is 0.0646. The summed E-state index contributed by atoms with van der Waals surface area (Å²) in [6.45, 7) is 8.90. The summed E-state index contributed by atoms with van der Waals surface area (Å²) in [5, 5.41) is 9.00. The van der Waals surface area contributed by atoms with E-state index in [9.17, 15) is 0 Å². The highest BCUT2D eigenvalue weighted by molar-refractivity contribution is 5.39. The van der Waals surface area contributed by atoms with Crippen LogP contribution < -0.4 is 4.90 Å². The van der Waals surface area contributed by atoms with Crippen LogP contribution in [-0.4, -0.2) is 47.2 Å². The zero-order chi connectivity index (χ0) is 13.0. The molecule has 1 aromatic heterocycles. The number of aromatic nitrogens is 1. The van der Waals surface area contributed by atoms with Gasteiger partial charge in [0.15, 0.2) is 0 Å². The Kier molecular flexibility index (Phi) is 4.55. The van der Waals surface area contributed by atoms with Gasteiger partial charge in [0, 0.05) is 38.4 Å². The summed E-state index contributed by atoms with van der Waals surface area (Å²) in [6, 6.07) is 4.63. The Balaban J connectivity index is 1.92. The van der Waals surface area contributed by atoms with E-state index in [0.29, 0.717) is 6.04 Å². The molecule has 1 aliphatic rings. The SMILES string of the molecule is CCC(C)N1CCN(c2ccc(CO)cn2)CC1. The number of aliphatic hydroxyl groups excluding tert-OH is 1. The lowest BCUT2D eigenvalue weighted by atomic mass is 10.2. The lowest BCUT2D eigenvalue weighted by Gasteiger charge is -2.38. The summed E-state index contributed by atoms with van der Waals surface area (Å²) >= 11 is 0. The van der Waals surface area contributed by atoms with E-state index in [-0.39, 0.29) is 6.61 Å². The molecule has 1 N–H and O–H groups in total. The number of anilines is 1. The maximum absolute atomic E-state index is 9.00. The standard InChI is InChI=1S/C14H23N3O/c1-3-12(2)16-6-8-17(9-7-16)14-5-4-13(11-18)10-15-14/h4-5,10,12,18H,3,6-9,11H2,1-2H3. The number of aliphatic hydroxyl groups is 1. The Morgan fingerprint density at radius 1 is 1.28 bits per heavy atom. The fraction of sp³-hybridized carbons (Fsp3) is 0.643. The maximum Gasteiger partial charge on any atom is 0.128 e. The van der Waals surface area contributed by atoms with E-state index in [1.807, 2.05) is 12.1 Å². The van der Waals surface area contributed by atoms with Gasteiger partial charge in [-0.25, -0.2) is 4.98 Å². The zero-order valence-electron chi connectivity index (χ0n) is 11.3. The quantitative estimate of drug-likeness (QED) is 0.877. The molecule has 0 spiro atoms. The van der Waals surface area contributed by atoms with Gasteiger partial charge in [0.1, 0.15) is 5.82 Å². The van der Waals surface area contributed by atoms with Crippen molar-refractivity contribution in [2.24, 2.45) is 0 Å². The van der Waals surface area contributed by atoms with Gasteiger partial charge >= 0.3 is 0 Å². The first-order valence-electron chi connectivity index (χ1n) is 6.79. The van der Waals surface area contributed by atoms with Gasteiger partial charge in [0.05, 0.1) is 6.61 Å². The van der Waals surface area contributed by atoms with Crippen molar-refractivity contribution >= 4 is 5.82 Å². The molecule has 0 aromatic carbocycles. The fourth-order valence-electron chi connectivity index (χ4n) is 2.35. The van der Waals surface area contributed by atoms with Gasteiger partial charge in [-0.15, -0.1) is 0 Å². The lowest BCUT2D eigenvalue weighted by molar-refractivity contribution is 0.192. The smallest absolute Gasteiger partial charge is 0.128 e. The Labute approximate surface area is 109 Å². The normalized spacial score (nSPS) is 18.9. The molecule has 4 nitrogen and oxygen atoms in total. The average Bonchev–Trinajstić information content (AvgIpc) is 2.47. The third kappa shape index (κ3) is 3.00. The van der Waals surface area contributed by atoms with Crippen molar-refractivity contribution in [3.63, 3.8) is 0 Å². The number of hydrogen-bond donors (Lipinski definition) is 1. The highest BCUT2D eigenvalue weighted by Gasteiger charge is 2.20. The molecule has 0 bridgehead atoms. The van der Waals surface area contributed by atoms with Crippen molar-refractivity contribution in [2.45, 2.75) is 32.9 Å². The van der Waals surface area contributed by atoms with Crippen molar-refractivity contribution in [1.82, 2.24) is 9.88 Å². The van der Waals surface area contributed by atoms with Crippen LogP contribution in [-0.2, 0) is 6.61 Å². The molecule has 1 unspecified atom stereocenters. The van der Waals surface area contributed by atoms with Crippen molar-refractivity contribution in [2.75, 3.05) is 31.1 Å². The van der Waals surface area contributed by atoms with Gasteiger partial charge in [-0.05, 0) is 25.0 Å². The zero-order valence-corrected chi connectivity index (χ0v) is 11.3. The summed E-state index contributed by atoms with van der Waals surface area (Å²) < 4.78 is 0. The van der Waals surface area contributed by atoms with Gasteiger partial charge in [0.2, 0.25) is 0 Å². The predicted octanol–water partition coefficient (Wildman–Crippen LogP) is 1.49. The first-order valence-corrected chi connectivity index (χ1v) is 6.79. The van der Waals surface area contributed by atoms with Crippen molar-refractivity contribution in [3.8, 4) is 0 Å². The number of piperazine rings is 1. The van der Waals surface area contributed by atoms with E-state index >= 15 is 0 Å². The molecule has 1 saturated heterocycles. The van der Waals surface area contributed by atoms with E-state index in [2.05, 4.69) is 28.6 Å². The highest BCUT2D eigenvalue weighted by Crippen LogP contribution is 2.15. The minimum Gasteiger partial charge on any atom is -0.392 e. The number of pyridine rings is 1. The second-order valence-corrected chi connectivity index (χ2v) is 4.96. The van der Waals surface area contributed by atoms with Crippen LogP contribution in [0.15, 0.2) is 18.3 Å². The summed E-state index contributed by atoms with van der Waals surface area (Å²) in [5.74, 6) is 1.02. The van der Waals surface area contributed by atoms with E-state index in [0.717, 1.165) is 37.6 Å². The third-order valence-electron chi connectivity index (χ3n) is 3.84. The molecule has 1 aliphatic heterocycles. The van der Waals surface area contributed by atoms with Crippen LogP contribution in [0.5, 0.6) is 0 Å². The predicted molar refractivity (Wildman–Crippen MR) is 73.7 cm³/mol. The van der Waals surface area contributed by atoms with Crippen LogP contribution in [0.25, 0.3) is 0 Å². The first kappa shape index (κ1) is 13.3. The van der Waals surface area contributed by atoms with E-state index < -0.39 is 0 Å². The molecule has 2 rings (SSSR count). The topological polar surface area (TPSA) is 39.6 Å². The van der Waals surface area contributed by atoms with Crippen LogP contribution in [0.3, 0.4) is 0 Å². The molecule has 1 fully saturated rings. The summed E-state index contributed by atoms with van der Waals surface area (Å²) in [6.07, 6.45) is 2.97. The van der Waals surface area contributed by atoms with Crippen molar-refractivity contribution < 1.29 is 5.11 Å². The molecule has 0 saturated carbocycles. The Morgan fingerprint density at radius 3 is 2.50 bits per heavy atom. The van der Waals surface area contributed by atoms with Crippen molar-refractivity contribution in [3.05, 3.63) is 23.9 Å². The number of nitrogens with zero attached hydrogens (tertiary/aromatic N) is 3. The van der Waals surface area contributed by atoms with Crippen LogP contribution in [0.2, 0.25) is 0 Å². The molecule has 1 aromatic rings. The average molecular weight is 249 g/mol. The monoisotopic (exact) mass is 249 g/mol. The van der Waals surface area contributed by atoms with Gasteiger partial charge in [-0.2, -0.15) is 0 Å². The number of hydrogen-bond acceptors (Lipinski definition) is 4. The van der Waals surface area contributed by atoms with E-state index in [1.54, 1.807) is 6.20 Å². The van der Waals surface area contributed by atoms with Crippen molar-refractivity contribution in [1.29, 1.82) is 0 Å². The molecule has 0 radical (unpaired) electrons. The highest BCUT2D eigenvalue weighted by atomic mass is 16.3. The maximum atomic E-state index is 9.00.